The zero-order chi connectivity index (χ0) is 11.3. The second-order valence-electron chi connectivity index (χ2n) is 3.56. The number of carbonyl (C=O) groups is 1. The number of hydrogen-bond donors (Lipinski definition) is 2. The third kappa shape index (κ3) is 3.09. The van der Waals surface area contributed by atoms with Crippen LogP contribution >= 0.6 is 0 Å². The summed E-state index contributed by atoms with van der Waals surface area (Å²) >= 11 is 0. The van der Waals surface area contributed by atoms with Crippen molar-refractivity contribution >= 4 is 5.91 Å². The van der Waals surface area contributed by atoms with Crippen molar-refractivity contribution in [3.05, 3.63) is 24.0 Å². The van der Waals surface area contributed by atoms with Crippen molar-refractivity contribution in [2.75, 3.05) is 6.54 Å². The van der Waals surface area contributed by atoms with Crippen LogP contribution in [0.5, 0.6) is 0 Å². The molecular weight excluding hydrogens is 190 g/mol. The van der Waals surface area contributed by atoms with Crippen LogP contribution in [-0.4, -0.2) is 23.1 Å². The Morgan fingerprint density at radius 3 is 2.93 bits per heavy atom. The van der Waals surface area contributed by atoms with Gasteiger partial charge in [0.15, 0.2) is 0 Å². The van der Waals surface area contributed by atoms with Crippen LogP contribution in [0.1, 0.15) is 30.8 Å². The number of hydrogen-bond acceptors (Lipinski definition) is 2. The quantitative estimate of drug-likeness (QED) is 0.759. The maximum atomic E-state index is 11.7. The number of aromatic nitrogens is 1. The van der Waals surface area contributed by atoms with Gasteiger partial charge in [-0.1, -0.05) is 6.92 Å². The molecule has 0 radical (unpaired) electrons. The van der Waals surface area contributed by atoms with Crippen LogP contribution < -0.4 is 11.1 Å². The molecule has 0 aliphatic rings. The van der Waals surface area contributed by atoms with Crippen molar-refractivity contribution in [1.82, 2.24) is 9.88 Å². The van der Waals surface area contributed by atoms with E-state index in [9.17, 15) is 4.79 Å². The van der Waals surface area contributed by atoms with Crippen LogP contribution in [-0.2, 0) is 6.54 Å². The Labute approximate surface area is 90.5 Å². The summed E-state index contributed by atoms with van der Waals surface area (Å²) in [5, 5.41) is 2.83. The standard InChI is InChI=1S/C11H19N3O/c1-3-9(12)8-13-11(15)10-6-5-7-14(10)4-2/h5-7,9H,3-4,8,12H2,1-2H3,(H,13,15). The highest BCUT2D eigenvalue weighted by Gasteiger charge is 2.10. The number of aryl methyl sites for hydroxylation is 1. The van der Waals surface area contributed by atoms with Crippen LogP contribution in [0.3, 0.4) is 0 Å². The fourth-order valence-electron chi connectivity index (χ4n) is 1.35. The third-order valence-corrected chi connectivity index (χ3v) is 2.45. The smallest absolute Gasteiger partial charge is 0.267 e. The second-order valence-corrected chi connectivity index (χ2v) is 3.56. The zero-order valence-electron chi connectivity index (χ0n) is 9.36. The molecule has 1 aromatic rings. The highest BCUT2D eigenvalue weighted by Crippen LogP contribution is 2.01. The topological polar surface area (TPSA) is 60.0 Å². The Kier molecular flexibility index (Phi) is 4.37. The lowest BCUT2D eigenvalue weighted by molar-refractivity contribution is 0.0942. The molecule has 0 bridgehead atoms. The molecule has 3 N–H and O–H groups in total. The molecule has 0 aliphatic carbocycles. The van der Waals surface area contributed by atoms with Crippen LogP contribution in [0.25, 0.3) is 0 Å². The highest BCUT2D eigenvalue weighted by atomic mass is 16.1. The number of rotatable bonds is 5. The Balaban J connectivity index is 2.54. The van der Waals surface area contributed by atoms with Gasteiger partial charge in [0.1, 0.15) is 5.69 Å². The van der Waals surface area contributed by atoms with Crippen molar-refractivity contribution in [3.8, 4) is 0 Å². The molecule has 0 fully saturated rings. The zero-order valence-corrected chi connectivity index (χ0v) is 9.36. The maximum absolute atomic E-state index is 11.7. The molecule has 1 heterocycles. The molecular formula is C11H19N3O. The monoisotopic (exact) mass is 209 g/mol. The molecule has 0 aromatic carbocycles. The maximum Gasteiger partial charge on any atom is 0.267 e. The lowest BCUT2D eigenvalue weighted by atomic mass is 10.2. The third-order valence-electron chi connectivity index (χ3n) is 2.45. The first kappa shape index (κ1) is 11.8. The van der Waals surface area contributed by atoms with E-state index in [1.807, 2.05) is 36.7 Å². The average molecular weight is 209 g/mol. The number of nitrogens with two attached hydrogens (primary N) is 1. The van der Waals surface area contributed by atoms with E-state index in [-0.39, 0.29) is 11.9 Å². The second kappa shape index (κ2) is 5.56. The lowest BCUT2D eigenvalue weighted by Crippen LogP contribution is -2.37. The number of nitrogens with one attached hydrogen (secondary N) is 1. The Morgan fingerprint density at radius 2 is 2.33 bits per heavy atom. The predicted octanol–water partition coefficient (Wildman–Crippen LogP) is 0.975. The summed E-state index contributed by atoms with van der Waals surface area (Å²) in [7, 11) is 0. The molecule has 0 saturated carbocycles. The molecule has 1 unspecified atom stereocenters. The van der Waals surface area contributed by atoms with E-state index in [0.717, 1.165) is 13.0 Å². The highest BCUT2D eigenvalue weighted by molar-refractivity contribution is 5.92. The van der Waals surface area contributed by atoms with Gasteiger partial charge in [-0.3, -0.25) is 4.79 Å². The largest absolute Gasteiger partial charge is 0.349 e. The van der Waals surface area contributed by atoms with Gasteiger partial charge in [0.05, 0.1) is 0 Å². The molecule has 1 amide bonds. The van der Waals surface area contributed by atoms with Gasteiger partial charge in [-0.05, 0) is 25.5 Å². The minimum absolute atomic E-state index is 0.0407. The molecule has 1 rings (SSSR count). The van der Waals surface area contributed by atoms with E-state index >= 15 is 0 Å². The summed E-state index contributed by atoms with van der Waals surface area (Å²) in [6, 6.07) is 3.73. The summed E-state index contributed by atoms with van der Waals surface area (Å²) in [6.45, 7) is 5.35. The first-order valence-corrected chi connectivity index (χ1v) is 5.38. The van der Waals surface area contributed by atoms with E-state index in [0.29, 0.717) is 12.2 Å². The van der Waals surface area contributed by atoms with Crippen LogP contribution in [0.4, 0.5) is 0 Å². The van der Waals surface area contributed by atoms with E-state index in [2.05, 4.69) is 5.32 Å². The van der Waals surface area contributed by atoms with Gasteiger partial charge in [-0.25, -0.2) is 0 Å². The van der Waals surface area contributed by atoms with Crippen molar-refractivity contribution in [2.24, 2.45) is 5.73 Å². The van der Waals surface area contributed by atoms with Gasteiger partial charge < -0.3 is 15.6 Å². The molecule has 0 saturated heterocycles. The fourth-order valence-corrected chi connectivity index (χ4v) is 1.35. The minimum Gasteiger partial charge on any atom is -0.349 e. The van der Waals surface area contributed by atoms with Gasteiger partial charge in [-0.2, -0.15) is 0 Å². The van der Waals surface area contributed by atoms with Gasteiger partial charge in [0.25, 0.3) is 5.91 Å². The van der Waals surface area contributed by atoms with E-state index < -0.39 is 0 Å². The van der Waals surface area contributed by atoms with Gasteiger partial charge in [0, 0.05) is 25.3 Å². The SMILES string of the molecule is CCC(N)CNC(=O)c1cccn1CC. The van der Waals surface area contributed by atoms with Gasteiger partial charge in [0.2, 0.25) is 0 Å². The average Bonchev–Trinajstić information content (AvgIpc) is 2.73. The molecule has 0 spiro atoms. The van der Waals surface area contributed by atoms with Gasteiger partial charge in [-0.15, -0.1) is 0 Å². The number of amides is 1. The summed E-state index contributed by atoms with van der Waals surface area (Å²) in [6.07, 6.45) is 2.77. The summed E-state index contributed by atoms with van der Waals surface area (Å²) in [5.41, 5.74) is 6.42. The molecule has 15 heavy (non-hydrogen) atoms. The molecule has 4 nitrogen and oxygen atoms in total. The molecule has 1 aromatic heterocycles. The Bertz CT molecular complexity index is 319. The molecule has 84 valence electrons. The summed E-state index contributed by atoms with van der Waals surface area (Å²) in [5.74, 6) is -0.0502. The molecule has 4 heteroatoms. The predicted molar refractivity (Wildman–Crippen MR) is 60.7 cm³/mol. The summed E-state index contributed by atoms with van der Waals surface area (Å²) in [4.78, 5) is 11.7. The van der Waals surface area contributed by atoms with E-state index in [4.69, 9.17) is 5.73 Å². The van der Waals surface area contributed by atoms with Crippen molar-refractivity contribution in [2.45, 2.75) is 32.9 Å². The van der Waals surface area contributed by atoms with Crippen LogP contribution in [0.2, 0.25) is 0 Å². The van der Waals surface area contributed by atoms with Crippen molar-refractivity contribution < 1.29 is 4.79 Å². The van der Waals surface area contributed by atoms with E-state index in [1.165, 1.54) is 0 Å². The Hall–Kier alpha value is -1.29. The fraction of sp³-hybridized carbons (Fsp3) is 0.545. The first-order chi connectivity index (χ1) is 7.19. The number of nitrogens with zero attached hydrogens (tertiary/aromatic N) is 1. The van der Waals surface area contributed by atoms with Gasteiger partial charge >= 0.3 is 0 Å². The van der Waals surface area contributed by atoms with Crippen molar-refractivity contribution in [1.29, 1.82) is 0 Å². The molecule has 0 aliphatic heterocycles. The lowest BCUT2D eigenvalue weighted by Gasteiger charge is -2.11. The molecule has 1 atom stereocenters. The summed E-state index contributed by atoms with van der Waals surface area (Å²) < 4.78 is 1.91. The van der Waals surface area contributed by atoms with Crippen molar-refractivity contribution in [3.63, 3.8) is 0 Å². The minimum atomic E-state index is -0.0502. The van der Waals surface area contributed by atoms with Crippen LogP contribution in [0.15, 0.2) is 18.3 Å². The van der Waals surface area contributed by atoms with E-state index in [1.54, 1.807) is 0 Å². The van der Waals surface area contributed by atoms with Crippen LogP contribution in [0, 0.1) is 0 Å². The first-order valence-electron chi connectivity index (χ1n) is 5.38. The Morgan fingerprint density at radius 1 is 1.60 bits per heavy atom. The normalized spacial score (nSPS) is 12.5. The number of carbonyl (C=O) groups excluding carboxylic acids is 1.